The number of rotatable bonds is 4. The molecule has 0 aliphatic heterocycles. The highest BCUT2D eigenvalue weighted by Gasteiger charge is 2.33. The van der Waals surface area contributed by atoms with Crippen molar-refractivity contribution in [2.75, 3.05) is 7.05 Å². The van der Waals surface area contributed by atoms with Gasteiger partial charge in [-0.15, -0.1) is 0 Å². The molecule has 1 aliphatic carbocycles. The molecule has 1 aliphatic rings. The highest BCUT2D eigenvalue weighted by Crippen LogP contribution is 2.30. The minimum Gasteiger partial charge on any atom is -0.475 e. The van der Waals surface area contributed by atoms with Gasteiger partial charge in [0, 0.05) is 13.1 Å². The van der Waals surface area contributed by atoms with Gasteiger partial charge < -0.3 is 9.52 Å². The van der Waals surface area contributed by atoms with E-state index < -0.39 is 16.0 Å². The molecule has 0 aromatic carbocycles. The molecule has 0 amide bonds. The van der Waals surface area contributed by atoms with Crippen molar-refractivity contribution in [1.29, 1.82) is 0 Å². The van der Waals surface area contributed by atoms with Crippen molar-refractivity contribution < 1.29 is 22.7 Å². The van der Waals surface area contributed by atoms with Crippen LogP contribution in [0.2, 0.25) is 0 Å². The Balaban J connectivity index is 2.22. The van der Waals surface area contributed by atoms with Gasteiger partial charge in [0.25, 0.3) is 10.0 Å². The molecule has 2 rings (SSSR count). The summed E-state index contributed by atoms with van der Waals surface area (Å²) in [4.78, 5) is 10.8. The fraction of sp³-hybridized carbons (Fsp3) is 0.615. The second kappa shape index (κ2) is 5.57. The number of hydrogen-bond acceptors (Lipinski definition) is 4. The summed E-state index contributed by atoms with van der Waals surface area (Å²) in [7, 11) is -2.24. The fourth-order valence-corrected chi connectivity index (χ4v) is 3.95. The van der Waals surface area contributed by atoms with Gasteiger partial charge in [-0.25, -0.2) is 13.2 Å². The molecule has 0 saturated heterocycles. The second-order valence-electron chi connectivity index (χ2n) is 5.37. The smallest absolute Gasteiger partial charge is 0.371 e. The Morgan fingerprint density at radius 3 is 2.65 bits per heavy atom. The minimum atomic E-state index is -3.77. The van der Waals surface area contributed by atoms with E-state index in [1.807, 2.05) is 0 Å². The van der Waals surface area contributed by atoms with Crippen LogP contribution in [0, 0.1) is 5.92 Å². The van der Waals surface area contributed by atoms with Crippen molar-refractivity contribution in [1.82, 2.24) is 4.31 Å². The van der Waals surface area contributed by atoms with Gasteiger partial charge in [-0.05, 0) is 30.9 Å². The Hall–Kier alpha value is -1.34. The van der Waals surface area contributed by atoms with Crippen LogP contribution in [-0.2, 0) is 10.0 Å². The molecule has 1 aromatic heterocycles. The Labute approximate surface area is 118 Å². The molecule has 20 heavy (non-hydrogen) atoms. The summed E-state index contributed by atoms with van der Waals surface area (Å²) in [6.45, 7) is 2.11. The van der Waals surface area contributed by atoms with Crippen molar-refractivity contribution in [2.24, 2.45) is 5.92 Å². The zero-order chi connectivity index (χ0) is 14.9. The van der Waals surface area contributed by atoms with Crippen LogP contribution < -0.4 is 0 Å². The van der Waals surface area contributed by atoms with Crippen LogP contribution >= 0.6 is 0 Å². The summed E-state index contributed by atoms with van der Waals surface area (Å²) >= 11 is 0. The first kappa shape index (κ1) is 15.1. The lowest BCUT2D eigenvalue weighted by atomic mass is 9.87. The molecule has 0 bridgehead atoms. The summed E-state index contributed by atoms with van der Waals surface area (Å²) < 4.78 is 31.1. The van der Waals surface area contributed by atoms with Crippen molar-refractivity contribution in [3.63, 3.8) is 0 Å². The fourth-order valence-electron chi connectivity index (χ4n) is 2.64. The molecule has 7 heteroatoms. The van der Waals surface area contributed by atoms with Crippen molar-refractivity contribution >= 4 is 16.0 Å². The summed E-state index contributed by atoms with van der Waals surface area (Å²) in [5, 5.41) is 8.47. The van der Waals surface area contributed by atoms with Crippen LogP contribution in [-0.4, -0.2) is 36.9 Å². The first-order valence-electron chi connectivity index (χ1n) is 6.63. The lowest BCUT2D eigenvalue weighted by Crippen LogP contribution is -2.39. The van der Waals surface area contributed by atoms with Gasteiger partial charge in [-0.3, -0.25) is 0 Å². The maximum atomic E-state index is 12.4. The number of carboxylic acids is 1. The summed E-state index contributed by atoms with van der Waals surface area (Å²) in [5.74, 6) is -1.15. The number of hydrogen-bond donors (Lipinski definition) is 1. The van der Waals surface area contributed by atoms with Crippen LogP contribution in [0.3, 0.4) is 0 Å². The van der Waals surface area contributed by atoms with E-state index >= 15 is 0 Å². The number of carboxylic acid groups (broad SMARTS) is 1. The third-order valence-corrected chi connectivity index (χ3v) is 5.63. The van der Waals surface area contributed by atoms with Crippen LogP contribution in [0.5, 0.6) is 0 Å². The Kier molecular flexibility index (Phi) is 4.19. The molecule has 6 nitrogen and oxygen atoms in total. The van der Waals surface area contributed by atoms with Gasteiger partial charge in [0.2, 0.25) is 10.9 Å². The molecule has 1 N–H and O–H groups in total. The summed E-state index contributed by atoms with van der Waals surface area (Å²) in [6.07, 6.45) is 3.77. The van der Waals surface area contributed by atoms with Gasteiger partial charge >= 0.3 is 5.97 Å². The van der Waals surface area contributed by atoms with E-state index in [0.29, 0.717) is 5.92 Å². The summed E-state index contributed by atoms with van der Waals surface area (Å²) in [5.41, 5.74) is 0. The molecule has 1 heterocycles. The number of carbonyl (C=O) groups is 1. The van der Waals surface area contributed by atoms with Crippen LogP contribution in [0.15, 0.2) is 21.6 Å². The van der Waals surface area contributed by atoms with Gasteiger partial charge in [-0.2, -0.15) is 4.31 Å². The quantitative estimate of drug-likeness (QED) is 0.921. The Morgan fingerprint density at radius 2 is 2.10 bits per heavy atom. The van der Waals surface area contributed by atoms with E-state index in [0.717, 1.165) is 31.7 Å². The van der Waals surface area contributed by atoms with Gasteiger partial charge in [0.1, 0.15) is 0 Å². The molecular weight excluding hydrogens is 282 g/mol. The lowest BCUT2D eigenvalue weighted by molar-refractivity contribution is 0.0656. The number of aromatic carboxylic acids is 1. The molecule has 1 aromatic rings. The first-order valence-corrected chi connectivity index (χ1v) is 8.07. The average molecular weight is 301 g/mol. The largest absolute Gasteiger partial charge is 0.475 e. The summed E-state index contributed by atoms with van der Waals surface area (Å²) in [6, 6.07) is 2.30. The van der Waals surface area contributed by atoms with Crippen LogP contribution in [0.4, 0.5) is 0 Å². The third-order valence-electron chi connectivity index (χ3n) is 3.85. The highest BCUT2D eigenvalue weighted by atomic mass is 32.2. The van der Waals surface area contributed by atoms with E-state index in [9.17, 15) is 13.2 Å². The maximum Gasteiger partial charge on any atom is 0.371 e. The van der Waals surface area contributed by atoms with E-state index in [4.69, 9.17) is 9.52 Å². The van der Waals surface area contributed by atoms with Crippen LogP contribution in [0.1, 0.15) is 43.2 Å². The first-order chi connectivity index (χ1) is 9.32. The highest BCUT2D eigenvalue weighted by molar-refractivity contribution is 7.89. The van der Waals surface area contributed by atoms with Crippen molar-refractivity contribution in [3.05, 3.63) is 17.9 Å². The molecule has 1 saturated carbocycles. The number of nitrogens with zero attached hydrogens (tertiary/aromatic N) is 1. The van der Waals surface area contributed by atoms with E-state index in [1.54, 1.807) is 0 Å². The van der Waals surface area contributed by atoms with Gasteiger partial charge in [-0.1, -0.05) is 19.8 Å². The predicted molar refractivity (Wildman–Crippen MR) is 72.0 cm³/mol. The molecule has 0 radical (unpaired) electrons. The zero-order valence-electron chi connectivity index (χ0n) is 11.6. The zero-order valence-corrected chi connectivity index (χ0v) is 12.4. The lowest BCUT2D eigenvalue weighted by Gasteiger charge is -2.32. The molecule has 1 fully saturated rings. The Bertz CT molecular complexity index is 592. The average Bonchev–Trinajstić information content (AvgIpc) is 2.88. The van der Waals surface area contributed by atoms with Gasteiger partial charge in [0.05, 0.1) is 0 Å². The number of furan rings is 1. The van der Waals surface area contributed by atoms with E-state index in [2.05, 4.69) is 6.92 Å². The predicted octanol–water partition coefficient (Wildman–Crippen LogP) is 2.18. The number of sulfonamides is 1. The normalized spacial score (nSPS) is 23.9. The standard InChI is InChI=1S/C13H19NO5S/c1-9-4-3-5-10(8-9)14(2)20(17,18)12-7-6-11(19-12)13(15)16/h6-7,9-10H,3-5,8H2,1-2H3,(H,15,16). The van der Waals surface area contributed by atoms with E-state index in [1.165, 1.54) is 17.4 Å². The topological polar surface area (TPSA) is 87.8 Å². The molecule has 112 valence electrons. The molecule has 2 atom stereocenters. The second-order valence-corrected chi connectivity index (χ2v) is 7.30. The molecule has 2 unspecified atom stereocenters. The third kappa shape index (κ3) is 2.88. The van der Waals surface area contributed by atoms with Gasteiger partial charge in [0.15, 0.2) is 0 Å². The monoisotopic (exact) mass is 301 g/mol. The Morgan fingerprint density at radius 1 is 1.40 bits per heavy atom. The molecular formula is C13H19NO5S. The molecule has 0 spiro atoms. The van der Waals surface area contributed by atoms with Crippen LogP contribution in [0.25, 0.3) is 0 Å². The minimum absolute atomic E-state index is 0.0536. The van der Waals surface area contributed by atoms with Crippen molar-refractivity contribution in [2.45, 2.75) is 43.7 Å². The maximum absolute atomic E-state index is 12.4. The SMILES string of the molecule is CC1CCCC(N(C)S(=O)(=O)c2ccc(C(=O)O)o2)C1. The van der Waals surface area contributed by atoms with Crippen molar-refractivity contribution in [3.8, 4) is 0 Å². The van der Waals surface area contributed by atoms with E-state index in [-0.39, 0.29) is 16.9 Å².